The fraction of sp³-hybridized carbons (Fsp3) is 0.286. The Labute approximate surface area is 116 Å². The standard InChI is InChI=1S/C14H16N2O4/c1-3-16-8-11(7-15-16)20-9-10-4-5-13(19-2)12(6-10)14(17)18/h4-8H,3,9H2,1-2H3,(H,17,18). The normalized spacial score (nSPS) is 10.3. The number of nitrogens with zero attached hydrogens (tertiary/aromatic N) is 2. The molecule has 2 rings (SSSR count). The van der Waals surface area contributed by atoms with Crippen LogP contribution in [0.4, 0.5) is 0 Å². The van der Waals surface area contributed by atoms with Crippen molar-refractivity contribution in [3.63, 3.8) is 0 Å². The monoisotopic (exact) mass is 276 g/mol. The molecule has 0 radical (unpaired) electrons. The van der Waals surface area contributed by atoms with E-state index in [1.54, 1.807) is 35.3 Å². The molecule has 0 saturated heterocycles. The number of carboxylic acid groups (broad SMARTS) is 1. The van der Waals surface area contributed by atoms with E-state index >= 15 is 0 Å². The molecular weight excluding hydrogens is 260 g/mol. The average Bonchev–Trinajstić information content (AvgIpc) is 2.92. The van der Waals surface area contributed by atoms with Gasteiger partial charge in [0.25, 0.3) is 0 Å². The largest absolute Gasteiger partial charge is 0.496 e. The molecule has 1 N–H and O–H groups in total. The molecule has 106 valence electrons. The molecule has 1 aromatic carbocycles. The van der Waals surface area contributed by atoms with Gasteiger partial charge in [0.2, 0.25) is 0 Å². The second-order valence-electron chi connectivity index (χ2n) is 4.16. The van der Waals surface area contributed by atoms with Crippen molar-refractivity contribution in [1.29, 1.82) is 0 Å². The van der Waals surface area contributed by atoms with Crippen LogP contribution < -0.4 is 9.47 Å². The third-order valence-electron chi connectivity index (χ3n) is 2.83. The Hall–Kier alpha value is -2.50. The van der Waals surface area contributed by atoms with Gasteiger partial charge in [-0.05, 0) is 24.6 Å². The first-order valence-corrected chi connectivity index (χ1v) is 6.19. The van der Waals surface area contributed by atoms with E-state index in [2.05, 4.69) is 5.10 Å². The van der Waals surface area contributed by atoms with Gasteiger partial charge in [0, 0.05) is 6.54 Å². The lowest BCUT2D eigenvalue weighted by Gasteiger charge is -2.08. The van der Waals surface area contributed by atoms with E-state index in [0.29, 0.717) is 11.5 Å². The van der Waals surface area contributed by atoms with E-state index in [4.69, 9.17) is 14.6 Å². The summed E-state index contributed by atoms with van der Waals surface area (Å²) in [5, 5.41) is 13.2. The zero-order chi connectivity index (χ0) is 14.5. The number of ether oxygens (including phenoxy) is 2. The van der Waals surface area contributed by atoms with E-state index in [1.165, 1.54) is 7.11 Å². The van der Waals surface area contributed by atoms with Crippen molar-refractivity contribution < 1.29 is 19.4 Å². The highest BCUT2D eigenvalue weighted by Gasteiger charge is 2.11. The Balaban J connectivity index is 2.09. The van der Waals surface area contributed by atoms with Gasteiger partial charge in [-0.2, -0.15) is 5.10 Å². The first kappa shape index (κ1) is 13.9. The zero-order valence-electron chi connectivity index (χ0n) is 11.4. The highest BCUT2D eigenvalue weighted by molar-refractivity contribution is 5.91. The zero-order valence-corrected chi connectivity index (χ0v) is 11.4. The van der Waals surface area contributed by atoms with Gasteiger partial charge in [-0.3, -0.25) is 4.68 Å². The second kappa shape index (κ2) is 6.10. The molecule has 6 nitrogen and oxygen atoms in total. The van der Waals surface area contributed by atoms with Crippen molar-refractivity contribution in [3.8, 4) is 11.5 Å². The molecule has 0 unspecified atom stereocenters. The minimum atomic E-state index is -1.03. The summed E-state index contributed by atoms with van der Waals surface area (Å²) >= 11 is 0. The summed E-state index contributed by atoms with van der Waals surface area (Å²) in [5.74, 6) is -0.0397. The molecule has 20 heavy (non-hydrogen) atoms. The van der Waals surface area contributed by atoms with Gasteiger partial charge in [-0.15, -0.1) is 0 Å². The van der Waals surface area contributed by atoms with Crippen molar-refractivity contribution in [2.45, 2.75) is 20.1 Å². The predicted octanol–water partition coefficient (Wildman–Crippen LogP) is 2.19. The van der Waals surface area contributed by atoms with Crippen molar-refractivity contribution in [3.05, 3.63) is 41.7 Å². The van der Waals surface area contributed by atoms with Crippen molar-refractivity contribution in [1.82, 2.24) is 9.78 Å². The van der Waals surface area contributed by atoms with Crippen LogP contribution in [0.5, 0.6) is 11.5 Å². The van der Waals surface area contributed by atoms with Crippen molar-refractivity contribution >= 4 is 5.97 Å². The van der Waals surface area contributed by atoms with E-state index in [-0.39, 0.29) is 12.2 Å². The van der Waals surface area contributed by atoms with Crippen molar-refractivity contribution in [2.24, 2.45) is 0 Å². The third-order valence-corrected chi connectivity index (χ3v) is 2.83. The molecule has 0 saturated carbocycles. The summed E-state index contributed by atoms with van der Waals surface area (Å²) < 4.78 is 12.3. The van der Waals surface area contributed by atoms with Gasteiger partial charge in [0.1, 0.15) is 17.9 Å². The molecular formula is C14H16N2O4. The Bertz CT molecular complexity index is 607. The summed E-state index contributed by atoms with van der Waals surface area (Å²) in [6.07, 6.45) is 3.42. The summed E-state index contributed by atoms with van der Waals surface area (Å²) in [5.41, 5.74) is 0.880. The predicted molar refractivity (Wildman–Crippen MR) is 72.2 cm³/mol. The number of benzene rings is 1. The van der Waals surface area contributed by atoms with Crippen LogP contribution in [0.3, 0.4) is 0 Å². The number of aryl methyl sites for hydroxylation is 1. The van der Waals surface area contributed by atoms with Crippen LogP contribution in [-0.2, 0) is 13.2 Å². The third kappa shape index (κ3) is 3.09. The maximum absolute atomic E-state index is 11.1. The Kier molecular flexibility index (Phi) is 4.24. The quantitative estimate of drug-likeness (QED) is 0.875. The molecule has 0 aliphatic carbocycles. The molecule has 0 amide bonds. The SMILES string of the molecule is CCn1cc(OCc2ccc(OC)c(C(=O)O)c2)cn1. The lowest BCUT2D eigenvalue weighted by atomic mass is 10.1. The van der Waals surface area contributed by atoms with Gasteiger partial charge in [0.05, 0.1) is 19.5 Å². The maximum Gasteiger partial charge on any atom is 0.339 e. The van der Waals surface area contributed by atoms with Crippen LogP contribution in [-0.4, -0.2) is 28.0 Å². The number of aromatic carboxylic acids is 1. The van der Waals surface area contributed by atoms with Crippen LogP contribution in [0, 0.1) is 0 Å². The molecule has 1 aromatic heterocycles. The fourth-order valence-electron chi connectivity index (χ4n) is 1.77. The minimum absolute atomic E-state index is 0.123. The molecule has 1 heterocycles. The summed E-state index contributed by atoms with van der Waals surface area (Å²) in [4.78, 5) is 11.1. The van der Waals surface area contributed by atoms with E-state index < -0.39 is 5.97 Å². The van der Waals surface area contributed by atoms with Crippen LogP contribution in [0.15, 0.2) is 30.6 Å². The van der Waals surface area contributed by atoms with Crippen LogP contribution in [0.1, 0.15) is 22.8 Å². The molecule has 2 aromatic rings. The number of hydrogen-bond acceptors (Lipinski definition) is 4. The second-order valence-corrected chi connectivity index (χ2v) is 4.16. The highest BCUT2D eigenvalue weighted by atomic mass is 16.5. The highest BCUT2D eigenvalue weighted by Crippen LogP contribution is 2.21. The average molecular weight is 276 g/mol. The van der Waals surface area contributed by atoms with Crippen LogP contribution in [0.2, 0.25) is 0 Å². The van der Waals surface area contributed by atoms with E-state index in [0.717, 1.165) is 12.1 Å². The van der Waals surface area contributed by atoms with Crippen LogP contribution in [0.25, 0.3) is 0 Å². The molecule has 0 aliphatic heterocycles. The number of hydrogen-bond donors (Lipinski definition) is 1. The first-order valence-electron chi connectivity index (χ1n) is 6.19. The molecule has 0 bridgehead atoms. The topological polar surface area (TPSA) is 73.6 Å². The van der Waals surface area contributed by atoms with Gasteiger partial charge in [-0.25, -0.2) is 4.79 Å². The minimum Gasteiger partial charge on any atom is -0.496 e. The smallest absolute Gasteiger partial charge is 0.339 e. The van der Waals surface area contributed by atoms with Crippen molar-refractivity contribution in [2.75, 3.05) is 7.11 Å². The number of methoxy groups -OCH3 is 1. The molecule has 0 atom stereocenters. The van der Waals surface area contributed by atoms with Gasteiger partial charge in [0.15, 0.2) is 5.75 Å². The van der Waals surface area contributed by atoms with Gasteiger partial charge in [-0.1, -0.05) is 6.07 Å². The first-order chi connectivity index (χ1) is 9.63. The Morgan fingerprint density at radius 1 is 1.45 bits per heavy atom. The van der Waals surface area contributed by atoms with Crippen LogP contribution >= 0.6 is 0 Å². The molecule has 0 aliphatic rings. The fourth-order valence-corrected chi connectivity index (χ4v) is 1.77. The molecule has 6 heteroatoms. The summed E-state index contributed by atoms with van der Waals surface area (Å²) in [6, 6.07) is 4.94. The summed E-state index contributed by atoms with van der Waals surface area (Å²) in [6.45, 7) is 3.04. The Morgan fingerprint density at radius 3 is 2.85 bits per heavy atom. The maximum atomic E-state index is 11.1. The number of rotatable bonds is 6. The van der Waals surface area contributed by atoms with Gasteiger partial charge >= 0.3 is 5.97 Å². The van der Waals surface area contributed by atoms with E-state index in [1.807, 2.05) is 6.92 Å². The lowest BCUT2D eigenvalue weighted by molar-refractivity contribution is 0.0693. The number of carboxylic acids is 1. The molecule has 0 spiro atoms. The summed E-state index contributed by atoms with van der Waals surface area (Å²) in [7, 11) is 1.44. The number of aromatic nitrogens is 2. The lowest BCUT2D eigenvalue weighted by Crippen LogP contribution is -2.03. The van der Waals surface area contributed by atoms with E-state index in [9.17, 15) is 4.79 Å². The Morgan fingerprint density at radius 2 is 2.25 bits per heavy atom. The number of carbonyl (C=O) groups is 1. The molecule has 0 fully saturated rings. The van der Waals surface area contributed by atoms with Gasteiger partial charge < -0.3 is 14.6 Å².